The van der Waals surface area contributed by atoms with Gasteiger partial charge in [0, 0.05) is 19.5 Å². The van der Waals surface area contributed by atoms with Gasteiger partial charge in [-0.2, -0.15) is 0 Å². The molecule has 0 radical (unpaired) electrons. The van der Waals surface area contributed by atoms with Crippen LogP contribution in [0.5, 0.6) is 0 Å². The third-order valence-electron chi connectivity index (χ3n) is 1.73. The van der Waals surface area contributed by atoms with Crippen molar-refractivity contribution in [3.05, 3.63) is 24.3 Å². The van der Waals surface area contributed by atoms with Gasteiger partial charge in [0.25, 0.3) is 0 Å². The summed E-state index contributed by atoms with van der Waals surface area (Å²) in [6.07, 6.45) is 0. The zero-order valence-corrected chi connectivity index (χ0v) is 8.94. The summed E-state index contributed by atoms with van der Waals surface area (Å²) in [4.78, 5) is 0. The molecule has 0 saturated carbocycles. The van der Waals surface area contributed by atoms with E-state index < -0.39 is 15.5 Å². The van der Waals surface area contributed by atoms with Crippen molar-refractivity contribution in [2.75, 3.05) is 14.2 Å². The van der Waals surface area contributed by atoms with Gasteiger partial charge in [-0.15, -0.1) is 0 Å². The lowest BCUT2D eigenvalue weighted by molar-refractivity contribution is 0.350. The van der Waals surface area contributed by atoms with Gasteiger partial charge in [0.2, 0.25) is 8.38 Å². The molecule has 0 unspecified atom stereocenters. The zero-order chi connectivity index (χ0) is 10.6. The molecule has 0 atom stereocenters. The molecular formula is C8H12BO4P. The third-order valence-corrected chi connectivity index (χ3v) is 3.12. The van der Waals surface area contributed by atoms with Gasteiger partial charge in [-0.3, -0.25) is 0 Å². The van der Waals surface area contributed by atoms with Gasteiger partial charge in [0.1, 0.15) is 0 Å². The molecule has 0 bridgehead atoms. The summed E-state index contributed by atoms with van der Waals surface area (Å²) in [6.45, 7) is 0. The van der Waals surface area contributed by atoms with Crippen molar-refractivity contribution in [1.29, 1.82) is 0 Å². The average Bonchev–Trinajstić information content (AvgIpc) is 2.20. The van der Waals surface area contributed by atoms with Gasteiger partial charge >= 0.3 is 7.12 Å². The Morgan fingerprint density at radius 1 is 1.07 bits per heavy atom. The van der Waals surface area contributed by atoms with Crippen molar-refractivity contribution >= 4 is 26.3 Å². The molecule has 0 heterocycles. The molecule has 6 heteroatoms. The molecule has 0 fully saturated rings. The van der Waals surface area contributed by atoms with E-state index in [1.807, 2.05) is 0 Å². The van der Waals surface area contributed by atoms with Crippen LogP contribution in [0.25, 0.3) is 0 Å². The average molecular weight is 214 g/mol. The quantitative estimate of drug-likeness (QED) is 0.528. The highest BCUT2D eigenvalue weighted by Gasteiger charge is 2.13. The molecule has 0 saturated heterocycles. The second-order valence-corrected chi connectivity index (χ2v) is 4.35. The minimum atomic E-state index is -1.43. The summed E-state index contributed by atoms with van der Waals surface area (Å²) in [5, 5.41) is 18.6. The summed E-state index contributed by atoms with van der Waals surface area (Å²) in [5.74, 6) is 0. The van der Waals surface area contributed by atoms with Crippen LogP contribution in [-0.2, 0) is 9.05 Å². The summed E-state index contributed by atoms with van der Waals surface area (Å²) in [5.41, 5.74) is 0.455. The van der Waals surface area contributed by atoms with Gasteiger partial charge in [-0.25, -0.2) is 0 Å². The van der Waals surface area contributed by atoms with Crippen LogP contribution < -0.4 is 10.8 Å². The summed E-state index contributed by atoms with van der Waals surface area (Å²) in [6, 6.07) is 6.78. The van der Waals surface area contributed by atoms with Gasteiger partial charge in [-0.1, -0.05) is 24.3 Å². The lowest BCUT2D eigenvalue weighted by Crippen LogP contribution is -2.30. The minimum Gasteiger partial charge on any atom is -0.423 e. The van der Waals surface area contributed by atoms with Crippen LogP contribution in [0.4, 0.5) is 0 Å². The fraction of sp³-hybridized carbons (Fsp3) is 0.250. The first-order valence-electron chi connectivity index (χ1n) is 4.03. The molecule has 1 aromatic carbocycles. The van der Waals surface area contributed by atoms with E-state index in [0.717, 1.165) is 5.30 Å². The van der Waals surface area contributed by atoms with Crippen molar-refractivity contribution in [2.45, 2.75) is 0 Å². The van der Waals surface area contributed by atoms with Crippen molar-refractivity contribution in [3.8, 4) is 0 Å². The molecule has 76 valence electrons. The predicted octanol–water partition coefficient (Wildman–Crippen LogP) is -0.404. The molecule has 1 rings (SSSR count). The topological polar surface area (TPSA) is 58.9 Å². The Kier molecular flexibility index (Phi) is 4.52. The minimum absolute atomic E-state index is 0.455. The molecule has 4 nitrogen and oxygen atoms in total. The van der Waals surface area contributed by atoms with E-state index in [4.69, 9.17) is 19.1 Å². The SMILES string of the molecule is COP(OC)c1ccc(B(O)O)cc1. The van der Waals surface area contributed by atoms with Crippen LogP contribution in [0.3, 0.4) is 0 Å². The van der Waals surface area contributed by atoms with Gasteiger partial charge < -0.3 is 19.1 Å². The van der Waals surface area contributed by atoms with Crippen LogP contribution in [-0.4, -0.2) is 31.4 Å². The highest BCUT2D eigenvalue weighted by Crippen LogP contribution is 2.34. The van der Waals surface area contributed by atoms with E-state index in [2.05, 4.69) is 0 Å². The van der Waals surface area contributed by atoms with Crippen molar-refractivity contribution < 1.29 is 19.1 Å². The smallest absolute Gasteiger partial charge is 0.423 e. The van der Waals surface area contributed by atoms with E-state index in [9.17, 15) is 0 Å². The largest absolute Gasteiger partial charge is 0.488 e. The maximum Gasteiger partial charge on any atom is 0.488 e. The van der Waals surface area contributed by atoms with Crippen LogP contribution >= 0.6 is 8.38 Å². The summed E-state index contributed by atoms with van der Waals surface area (Å²) >= 11 is 0. The van der Waals surface area contributed by atoms with Gasteiger partial charge in [0.05, 0.1) is 0 Å². The van der Waals surface area contributed by atoms with E-state index in [-0.39, 0.29) is 0 Å². The Morgan fingerprint density at radius 2 is 1.57 bits per heavy atom. The van der Waals surface area contributed by atoms with Crippen molar-refractivity contribution in [2.24, 2.45) is 0 Å². The van der Waals surface area contributed by atoms with Gasteiger partial charge in [-0.05, 0) is 5.46 Å². The van der Waals surface area contributed by atoms with Crippen LogP contribution in [0.2, 0.25) is 0 Å². The van der Waals surface area contributed by atoms with Crippen LogP contribution in [0, 0.1) is 0 Å². The first-order valence-corrected chi connectivity index (χ1v) is 5.21. The first kappa shape index (κ1) is 11.6. The molecule has 0 aliphatic carbocycles. The number of hydrogen-bond acceptors (Lipinski definition) is 4. The molecule has 14 heavy (non-hydrogen) atoms. The molecule has 0 aromatic heterocycles. The van der Waals surface area contributed by atoms with Crippen LogP contribution in [0.15, 0.2) is 24.3 Å². The predicted molar refractivity (Wildman–Crippen MR) is 56.8 cm³/mol. The Balaban J connectivity index is 2.81. The molecule has 2 N–H and O–H groups in total. The van der Waals surface area contributed by atoms with E-state index in [0.29, 0.717) is 5.46 Å². The second kappa shape index (κ2) is 5.44. The molecule has 1 aromatic rings. The third kappa shape index (κ3) is 2.77. The lowest BCUT2D eigenvalue weighted by Gasteiger charge is -2.12. The van der Waals surface area contributed by atoms with E-state index in [1.54, 1.807) is 38.5 Å². The Labute approximate surface area is 84.5 Å². The summed E-state index contributed by atoms with van der Waals surface area (Å²) in [7, 11) is 0.670. The molecular weight excluding hydrogens is 202 g/mol. The highest BCUT2D eigenvalue weighted by atomic mass is 31.2. The number of benzene rings is 1. The Hall–Kier alpha value is -0.445. The molecule has 0 spiro atoms. The highest BCUT2D eigenvalue weighted by molar-refractivity contribution is 7.55. The monoisotopic (exact) mass is 214 g/mol. The van der Waals surface area contributed by atoms with Crippen molar-refractivity contribution in [3.63, 3.8) is 0 Å². The maximum absolute atomic E-state index is 8.87. The molecule has 0 aliphatic rings. The number of hydrogen-bond donors (Lipinski definition) is 2. The van der Waals surface area contributed by atoms with E-state index in [1.165, 1.54) is 0 Å². The fourth-order valence-corrected chi connectivity index (χ4v) is 2.02. The first-order chi connectivity index (χ1) is 6.69. The number of rotatable bonds is 4. The second-order valence-electron chi connectivity index (χ2n) is 2.59. The zero-order valence-electron chi connectivity index (χ0n) is 8.04. The molecule has 0 amide bonds. The lowest BCUT2D eigenvalue weighted by atomic mass is 9.81. The van der Waals surface area contributed by atoms with E-state index >= 15 is 0 Å². The fourth-order valence-electron chi connectivity index (χ4n) is 1.05. The van der Waals surface area contributed by atoms with Crippen molar-refractivity contribution in [1.82, 2.24) is 0 Å². The molecule has 0 aliphatic heterocycles. The Bertz CT molecular complexity index is 273. The standard InChI is InChI=1S/C8H12BO4P/c1-12-14(13-2)8-5-3-7(4-6-8)9(10)11/h3-6,10-11H,1-2H3. The maximum atomic E-state index is 8.87. The van der Waals surface area contributed by atoms with Gasteiger partial charge in [0.15, 0.2) is 0 Å². The summed E-state index contributed by atoms with van der Waals surface area (Å²) < 4.78 is 10.2. The van der Waals surface area contributed by atoms with Crippen LogP contribution in [0.1, 0.15) is 0 Å². The Morgan fingerprint density at radius 3 is 1.93 bits per heavy atom. The normalized spacial score (nSPS) is 10.6.